The molecule has 0 radical (unpaired) electrons. The average molecular weight is 275 g/mol. The van der Waals surface area contributed by atoms with Crippen molar-refractivity contribution in [2.45, 2.75) is 68.9 Å². The van der Waals surface area contributed by atoms with Crippen LogP contribution in [-0.4, -0.2) is 44.7 Å². The first-order chi connectivity index (χ1) is 8.45. The van der Waals surface area contributed by atoms with Crippen molar-refractivity contribution in [2.75, 3.05) is 12.9 Å². The molecule has 4 atom stereocenters. The molecule has 5 heteroatoms. The molecule has 2 rings (SSSR count). The van der Waals surface area contributed by atoms with Crippen LogP contribution in [0, 0.1) is 0 Å². The predicted molar refractivity (Wildman–Crippen MR) is 72.5 cm³/mol. The summed E-state index contributed by atoms with van der Waals surface area (Å²) >= 11 is 0. The fourth-order valence-electron chi connectivity index (χ4n) is 3.17. The molecule has 0 bridgehead atoms. The zero-order chi connectivity index (χ0) is 13.2. The van der Waals surface area contributed by atoms with E-state index in [1.54, 1.807) is 0 Å². The van der Waals surface area contributed by atoms with Gasteiger partial charge in [0.25, 0.3) is 0 Å². The molecular formula is C13H25NO3S. The number of hydrogen-bond acceptors (Lipinski definition) is 4. The molecule has 1 N–H and O–H groups in total. The van der Waals surface area contributed by atoms with Gasteiger partial charge in [0.2, 0.25) is 0 Å². The highest BCUT2D eigenvalue weighted by Gasteiger charge is 2.30. The van der Waals surface area contributed by atoms with Crippen molar-refractivity contribution >= 4 is 9.84 Å². The first-order valence-electron chi connectivity index (χ1n) is 7.01. The highest BCUT2D eigenvalue weighted by Crippen LogP contribution is 2.25. The smallest absolute Gasteiger partial charge is 0.150 e. The van der Waals surface area contributed by atoms with E-state index >= 15 is 0 Å². The number of ether oxygens (including phenoxy) is 1. The van der Waals surface area contributed by atoms with Crippen molar-refractivity contribution in [1.29, 1.82) is 0 Å². The number of nitrogens with one attached hydrogen (secondary N) is 1. The molecule has 1 heterocycles. The van der Waals surface area contributed by atoms with Crippen molar-refractivity contribution < 1.29 is 13.2 Å². The molecule has 1 saturated carbocycles. The summed E-state index contributed by atoms with van der Waals surface area (Å²) in [5.41, 5.74) is 0. The minimum absolute atomic E-state index is 0.138. The van der Waals surface area contributed by atoms with Crippen LogP contribution in [0.15, 0.2) is 0 Å². The van der Waals surface area contributed by atoms with Crippen LogP contribution >= 0.6 is 0 Å². The Hall–Kier alpha value is -0.130. The van der Waals surface area contributed by atoms with Crippen LogP contribution in [-0.2, 0) is 14.6 Å². The van der Waals surface area contributed by atoms with Crippen molar-refractivity contribution in [3.8, 4) is 0 Å². The molecule has 0 aromatic rings. The Balaban J connectivity index is 1.86. The Morgan fingerprint density at radius 2 is 1.83 bits per heavy atom. The first-order valence-corrected chi connectivity index (χ1v) is 8.97. The van der Waals surface area contributed by atoms with Crippen molar-refractivity contribution in [3.05, 3.63) is 0 Å². The largest absolute Gasteiger partial charge is 0.378 e. The molecule has 0 aromatic heterocycles. The maximum absolute atomic E-state index is 11.6. The number of sulfone groups is 1. The molecule has 2 aliphatic rings. The Morgan fingerprint density at radius 1 is 1.11 bits per heavy atom. The third-order valence-corrected chi connectivity index (χ3v) is 5.83. The normalized spacial score (nSPS) is 38.6. The maximum Gasteiger partial charge on any atom is 0.150 e. The molecule has 18 heavy (non-hydrogen) atoms. The molecule has 106 valence electrons. The minimum Gasteiger partial charge on any atom is -0.378 e. The number of hydrogen-bond donors (Lipinski definition) is 1. The van der Waals surface area contributed by atoms with Gasteiger partial charge in [-0.2, -0.15) is 0 Å². The fourth-order valence-corrected chi connectivity index (χ4v) is 4.34. The molecule has 0 amide bonds. The molecule has 2 fully saturated rings. The second-order valence-corrected chi connectivity index (χ2v) is 8.21. The lowest BCUT2D eigenvalue weighted by molar-refractivity contribution is 0.0104. The summed E-state index contributed by atoms with van der Waals surface area (Å²) in [5.74, 6) is 0. The second-order valence-electron chi connectivity index (χ2n) is 5.88. The van der Waals surface area contributed by atoms with Crippen LogP contribution in [0.25, 0.3) is 0 Å². The topological polar surface area (TPSA) is 55.4 Å². The Morgan fingerprint density at radius 3 is 2.50 bits per heavy atom. The summed E-state index contributed by atoms with van der Waals surface area (Å²) in [4.78, 5) is 0. The first kappa shape index (κ1) is 14.3. The summed E-state index contributed by atoms with van der Waals surface area (Å²) in [6, 6.07) is 0.867. The summed E-state index contributed by atoms with van der Waals surface area (Å²) in [7, 11) is -2.88. The van der Waals surface area contributed by atoms with Gasteiger partial charge in [-0.05, 0) is 39.0 Å². The van der Waals surface area contributed by atoms with E-state index in [0.29, 0.717) is 18.2 Å². The van der Waals surface area contributed by atoms with Gasteiger partial charge in [0, 0.05) is 24.9 Å². The fraction of sp³-hybridized carbons (Fsp3) is 1.00. The van der Waals surface area contributed by atoms with E-state index < -0.39 is 9.84 Å². The Kier molecular flexibility index (Phi) is 4.67. The zero-order valence-corrected chi connectivity index (χ0v) is 12.2. The van der Waals surface area contributed by atoms with E-state index in [1.165, 1.54) is 6.26 Å². The lowest BCUT2D eigenvalue weighted by Gasteiger charge is -2.35. The standard InChI is InChI=1S/C13H25NO3S/c1-10-8-12(6-7-17-10)14-11-4-3-5-13(9-11)18(2,15)16/h10-14H,3-9H2,1-2H3. The Labute approximate surface area is 110 Å². The van der Waals surface area contributed by atoms with E-state index in [-0.39, 0.29) is 5.25 Å². The van der Waals surface area contributed by atoms with Gasteiger partial charge in [-0.1, -0.05) is 6.42 Å². The van der Waals surface area contributed by atoms with Crippen molar-refractivity contribution in [1.82, 2.24) is 5.32 Å². The van der Waals surface area contributed by atoms with E-state index in [9.17, 15) is 8.42 Å². The summed E-state index contributed by atoms with van der Waals surface area (Å²) in [6.45, 7) is 2.93. The van der Waals surface area contributed by atoms with Crippen molar-refractivity contribution in [3.63, 3.8) is 0 Å². The molecular weight excluding hydrogens is 250 g/mol. The quantitative estimate of drug-likeness (QED) is 0.848. The van der Waals surface area contributed by atoms with Gasteiger partial charge in [0.15, 0.2) is 0 Å². The molecule has 1 aliphatic carbocycles. The molecule has 4 nitrogen and oxygen atoms in total. The van der Waals surface area contributed by atoms with Crippen LogP contribution in [0.1, 0.15) is 45.4 Å². The molecule has 4 unspecified atom stereocenters. The molecule has 0 aromatic carbocycles. The number of rotatable bonds is 3. The SMILES string of the molecule is CC1CC(NC2CCCC(S(C)(=O)=O)C2)CCO1. The van der Waals surface area contributed by atoms with Gasteiger partial charge in [0.1, 0.15) is 9.84 Å². The van der Waals surface area contributed by atoms with Gasteiger partial charge in [-0.25, -0.2) is 8.42 Å². The third kappa shape index (κ3) is 3.93. The summed E-state index contributed by atoms with van der Waals surface area (Å²) in [6.07, 6.45) is 7.53. The highest BCUT2D eigenvalue weighted by molar-refractivity contribution is 7.91. The minimum atomic E-state index is -2.88. The zero-order valence-electron chi connectivity index (χ0n) is 11.4. The monoisotopic (exact) mass is 275 g/mol. The van der Waals surface area contributed by atoms with Gasteiger partial charge in [0.05, 0.1) is 11.4 Å². The Bertz CT molecular complexity index is 368. The third-order valence-electron chi connectivity index (χ3n) is 4.19. The second kappa shape index (κ2) is 5.88. The van der Waals surface area contributed by atoms with Crippen LogP contribution in [0.2, 0.25) is 0 Å². The lowest BCUT2D eigenvalue weighted by Crippen LogP contribution is -2.46. The van der Waals surface area contributed by atoms with E-state index in [0.717, 1.165) is 45.1 Å². The van der Waals surface area contributed by atoms with Crippen molar-refractivity contribution in [2.24, 2.45) is 0 Å². The van der Waals surface area contributed by atoms with E-state index in [1.807, 2.05) is 0 Å². The molecule has 0 spiro atoms. The summed E-state index contributed by atoms with van der Waals surface area (Å²) in [5, 5.41) is 3.51. The lowest BCUT2D eigenvalue weighted by atomic mass is 9.93. The molecule has 1 aliphatic heterocycles. The van der Waals surface area contributed by atoms with E-state index in [2.05, 4.69) is 12.2 Å². The predicted octanol–water partition coefficient (Wildman–Crippen LogP) is 1.50. The van der Waals surface area contributed by atoms with Gasteiger partial charge in [-0.15, -0.1) is 0 Å². The average Bonchev–Trinajstić information content (AvgIpc) is 2.28. The van der Waals surface area contributed by atoms with E-state index in [4.69, 9.17) is 4.74 Å². The van der Waals surface area contributed by atoms with Gasteiger partial charge >= 0.3 is 0 Å². The highest BCUT2D eigenvalue weighted by atomic mass is 32.2. The van der Waals surface area contributed by atoms with Crippen LogP contribution in [0.4, 0.5) is 0 Å². The van der Waals surface area contributed by atoms with Gasteiger partial charge < -0.3 is 10.1 Å². The molecule has 1 saturated heterocycles. The van der Waals surface area contributed by atoms with Crippen LogP contribution in [0.3, 0.4) is 0 Å². The van der Waals surface area contributed by atoms with Crippen LogP contribution < -0.4 is 5.32 Å². The van der Waals surface area contributed by atoms with Gasteiger partial charge in [-0.3, -0.25) is 0 Å². The van der Waals surface area contributed by atoms with Crippen LogP contribution in [0.5, 0.6) is 0 Å². The summed E-state index contributed by atoms with van der Waals surface area (Å²) < 4.78 is 28.8. The maximum atomic E-state index is 11.6.